The fourth-order valence-corrected chi connectivity index (χ4v) is 2.05. The smallest absolute Gasteiger partial charge is 0.263 e. The van der Waals surface area contributed by atoms with E-state index in [4.69, 9.17) is 11.6 Å². The van der Waals surface area contributed by atoms with Crippen LogP contribution in [0.5, 0.6) is 0 Å². The molecule has 0 bridgehead atoms. The third kappa shape index (κ3) is 4.02. The summed E-state index contributed by atoms with van der Waals surface area (Å²) in [4.78, 5) is 0. The molecule has 2 aromatic rings. The Balaban J connectivity index is 1.92. The van der Waals surface area contributed by atoms with Crippen LogP contribution in [0, 0.1) is 0 Å². The highest BCUT2D eigenvalue weighted by molar-refractivity contribution is 6.30. The molecule has 2 aromatic carbocycles. The van der Waals surface area contributed by atoms with E-state index in [1.54, 1.807) is 12.1 Å². The Labute approximate surface area is 122 Å². The van der Waals surface area contributed by atoms with Crippen molar-refractivity contribution in [3.8, 4) is 0 Å². The first-order valence-electron chi connectivity index (χ1n) is 6.42. The molecule has 106 valence electrons. The predicted molar refractivity (Wildman–Crippen MR) is 78.1 cm³/mol. The van der Waals surface area contributed by atoms with Gasteiger partial charge in [-0.15, -0.1) is 0 Å². The second-order valence-electron chi connectivity index (χ2n) is 4.70. The van der Waals surface area contributed by atoms with E-state index < -0.39 is 6.43 Å². The van der Waals surface area contributed by atoms with Gasteiger partial charge in [-0.1, -0.05) is 48.0 Å². The second-order valence-corrected chi connectivity index (χ2v) is 5.13. The first kappa shape index (κ1) is 14.9. The Morgan fingerprint density at radius 3 is 2.05 bits per heavy atom. The van der Waals surface area contributed by atoms with Gasteiger partial charge in [0.15, 0.2) is 0 Å². The Morgan fingerprint density at radius 1 is 0.950 bits per heavy atom. The molecule has 0 fully saturated rings. The fourth-order valence-electron chi connectivity index (χ4n) is 1.92. The number of nitrogens with one attached hydrogen (secondary N) is 1. The lowest BCUT2D eigenvalue weighted by atomic mass is 10.1. The van der Waals surface area contributed by atoms with Crippen LogP contribution >= 0.6 is 11.6 Å². The summed E-state index contributed by atoms with van der Waals surface area (Å²) in [5.41, 5.74) is 2.17. The summed E-state index contributed by atoms with van der Waals surface area (Å²) in [6.45, 7) is 2.68. The van der Waals surface area contributed by atoms with Crippen molar-refractivity contribution in [2.45, 2.75) is 25.9 Å². The zero-order valence-corrected chi connectivity index (χ0v) is 11.9. The molecule has 0 aliphatic heterocycles. The van der Waals surface area contributed by atoms with Crippen molar-refractivity contribution in [1.82, 2.24) is 5.32 Å². The minimum Gasteiger partial charge on any atom is -0.306 e. The quantitative estimate of drug-likeness (QED) is 0.806. The topological polar surface area (TPSA) is 12.0 Å². The van der Waals surface area contributed by atoms with Crippen LogP contribution < -0.4 is 5.32 Å². The Kier molecular flexibility index (Phi) is 5.10. The first-order chi connectivity index (χ1) is 9.56. The normalized spacial score (nSPS) is 12.7. The zero-order chi connectivity index (χ0) is 14.5. The highest BCUT2D eigenvalue weighted by Crippen LogP contribution is 2.19. The summed E-state index contributed by atoms with van der Waals surface area (Å²) < 4.78 is 24.9. The monoisotopic (exact) mass is 295 g/mol. The van der Waals surface area contributed by atoms with E-state index in [9.17, 15) is 8.78 Å². The fraction of sp³-hybridized carbons (Fsp3) is 0.250. The number of rotatable bonds is 5. The Hall–Kier alpha value is -1.45. The summed E-state index contributed by atoms with van der Waals surface area (Å²) in [5.74, 6) is 0. The summed E-state index contributed by atoms with van der Waals surface area (Å²) in [6.07, 6.45) is -2.41. The van der Waals surface area contributed by atoms with E-state index in [-0.39, 0.29) is 11.6 Å². The van der Waals surface area contributed by atoms with Gasteiger partial charge in [-0.05, 0) is 30.2 Å². The highest BCUT2D eigenvalue weighted by atomic mass is 35.5. The minimum atomic E-state index is -2.41. The van der Waals surface area contributed by atoms with Crippen LogP contribution in [-0.2, 0) is 6.54 Å². The Morgan fingerprint density at radius 2 is 1.50 bits per heavy atom. The van der Waals surface area contributed by atoms with E-state index >= 15 is 0 Å². The third-order valence-electron chi connectivity index (χ3n) is 3.21. The van der Waals surface area contributed by atoms with E-state index in [1.807, 2.05) is 24.3 Å². The molecule has 1 nitrogen and oxygen atoms in total. The lowest BCUT2D eigenvalue weighted by molar-refractivity contribution is 0.151. The highest BCUT2D eigenvalue weighted by Gasteiger charge is 2.07. The van der Waals surface area contributed by atoms with E-state index in [1.165, 1.54) is 12.1 Å². The maximum Gasteiger partial charge on any atom is 0.263 e. The van der Waals surface area contributed by atoms with Crippen molar-refractivity contribution in [1.29, 1.82) is 0 Å². The van der Waals surface area contributed by atoms with Crippen molar-refractivity contribution in [3.63, 3.8) is 0 Å². The molecule has 20 heavy (non-hydrogen) atoms. The summed E-state index contributed by atoms with van der Waals surface area (Å²) in [7, 11) is 0. The first-order valence-corrected chi connectivity index (χ1v) is 6.80. The molecule has 0 saturated carbocycles. The molecule has 0 aromatic heterocycles. The maximum atomic E-state index is 12.4. The molecule has 0 aliphatic carbocycles. The summed E-state index contributed by atoms with van der Waals surface area (Å²) in [6, 6.07) is 14.2. The van der Waals surface area contributed by atoms with Crippen molar-refractivity contribution >= 4 is 11.6 Å². The van der Waals surface area contributed by atoms with Crippen LogP contribution in [0.4, 0.5) is 8.78 Å². The van der Waals surface area contributed by atoms with Crippen LogP contribution in [0.1, 0.15) is 36.1 Å². The van der Waals surface area contributed by atoms with Crippen LogP contribution in [0.25, 0.3) is 0 Å². The van der Waals surface area contributed by atoms with E-state index in [2.05, 4.69) is 12.2 Å². The molecule has 1 N–H and O–H groups in total. The minimum absolute atomic E-state index is 0.0551. The molecule has 0 amide bonds. The van der Waals surface area contributed by atoms with Crippen LogP contribution in [0.2, 0.25) is 5.02 Å². The lowest BCUT2D eigenvalue weighted by Crippen LogP contribution is -2.17. The summed E-state index contributed by atoms with van der Waals surface area (Å²) in [5, 5.41) is 4.06. The zero-order valence-electron chi connectivity index (χ0n) is 11.1. The van der Waals surface area contributed by atoms with Crippen molar-refractivity contribution < 1.29 is 8.78 Å². The van der Waals surface area contributed by atoms with E-state index in [0.29, 0.717) is 11.6 Å². The number of benzene rings is 2. The van der Waals surface area contributed by atoms with E-state index in [0.717, 1.165) is 11.1 Å². The molecule has 4 heteroatoms. The summed E-state index contributed by atoms with van der Waals surface area (Å²) >= 11 is 5.85. The average molecular weight is 296 g/mol. The van der Waals surface area contributed by atoms with Crippen LogP contribution in [0.3, 0.4) is 0 Å². The predicted octanol–water partition coefficient (Wildman–Crippen LogP) is 5.13. The number of hydrogen-bond donors (Lipinski definition) is 1. The molecule has 2 rings (SSSR count). The van der Waals surface area contributed by atoms with Gasteiger partial charge in [-0.2, -0.15) is 0 Å². The Bertz CT molecular complexity index is 537. The largest absolute Gasteiger partial charge is 0.306 e. The molecule has 0 heterocycles. The lowest BCUT2D eigenvalue weighted by Gasteiger charge is -2.14. The molecule has 1 unspecified atom stereocenters. The molecule has 0 radical (unpaired) electrons. The number of hydrogen-bond acceptors (Lipinski definition) is 1. The van der Waals surface area contributed by atoms with Crippen LogP contribution in [-0.4, -0.2) is 0 Å². The SMILES string of the molecule is CC(NCc1ccc(C(F)F)cc1)c1ccc(Cl)cc1. The van der Waals surface area contributed by atoms with Crippen molar-refractivity contribution in [3.05, 3.63) is 70.2 Å². The van der Waals surface area contributed by atoms with Crippen molar-refractivity contribution in [2.75, 3.05) is 0 Å². The standard InChI is InChI=1S/C16H16ClF2N/c1-11(13-6-8-15(17)9-7-13)20-10-12-2-4-14(5-3-12)16(18)19/h2-9,11,16,20H,10H2,1H3. The molecule has 0 spiro atoms. The van der Waals surface area contributed by atoms with Gasteiger partial charge in [-0.3, -0.25) is 0 Å². The van der Waals surface area contributed by atoms with Gasteiger partial charge < -0.3 is 5.32 Å². The van der Waals surface area contributed by atoms with Gasteiger partial charge in [0, 0.05) is 23.2 Å². The van der Waals surface area contributed by atoms with Crippen LogP contribution in [0.15, 0.2) is 48.5 Å². The van der Waals surface area contributed by atoms with Gasteiger partial charge in [0.25, 0.3) is 6.43 Å². The van der Waals surface area contributed by atoms with Gasteiger partial charge in [0.05, 0.1) is 0 Å². The second kappa shape index (κ2) is 6.82. The number of alkyl halides is 2. The molecule has 1 atom stereocenters. The van der Waals surface area contributed by atoms with Gasteiger partial charge in [0.2, 0.25) is 0 Å². The average Bonchev–Trinajstić information content (AvgIpc) is 2.46. The maximum absolute atomic E-state index is 12.4. The molecular weight excluding hydrogens is 280 g/mol. The molecule has 0 aliphatic rings. The number of halogens is 3. The van der Waals surface area contributed by atoms with Gasteiger partial charge >= 0.3 is 0 Å². The molecular formula is C16H16ClF2N. The van der Waals surface area contributed by atoms with Crippen molar-refractivity contribution in [2.24, 2.45) is 0 Å². The third-order valence-corrected chi connectivity index (χ3v) is 3.47. The van der Waals surface area contributed by atoms with Gasteiger partial charge in [0.1, 0.15) is 0 Å². The van der Waals surface area contributed by atoms with Gasteiger partial charge in [-0.25, -0.2) is 8.78 Å². The molecule has 0 saturated heterocycles.